The molecule has 2 N–H and O–H groups in total. The van der Waals surface area contributed by atoms with E-state index in [1.165, 1.54) is 19.1 Å². The van der Waals surface area contributed by atoms with Gasteiger partial charge in [-0.05, 0) is 52.7 Å². The molecule has 0 aliphatic rings. The molecule has 4 heteroatoms. The van der Waals surface area contributed by atoms with Crippen LogP contribution in [0.25, 0.3) is 0 Å². The van der Waals surface area contributed by atoms with Crippen LogP contribution < -0.4 is 5.73 Å². The molecule has 0 saturated carbocycles. The lowest BCUT2D eigenvalue weighted by Gasteiger charge is -2.06. The Morgan fingerprint density at radius 1 is 1.24 bits per heavy atom. The maximum atomic E-state index is 5.82. The van der Waals surface area contributed by atoms with Gasteiger partial charge in [-0.25, -0.2) is 0 Å². The second-order valence-corrected chi connectivity index (χ2v) is 7.45. The Morgan fingerprint density at radius 2 is 1.94 bits per heavy atom. The molecule has 0 spiro atoms. The van der Waals surface area contributed by atoms with Crippen molar-refractivity contribution in [2.24, 2.45) is 5.73 Å². The number of hydrogen-bond acceptors (Lipinski definition) is 3. The van der Waals surface area contributed by atoms with Gasteiger partial charge in [-0.2, -0.15) is 0 Å². The first-order valence-corrected chi connectivity index (χ1v) is 7.97. The smallest absolute Gasteiger partial charge is 0.0701 e. The molecule has 1 unspecified atom stereocenters. The summed E-state index contributed by atoms with van der Waals surface area (Å²) in [6, 6.07) is 12.9. The molecule has 0 fully saturated rings. The minimum absolute atomic E-state index is 0.113. The number of thioether (sulfide) groups is 1. The third-order valence-electron chi connectivity index (χ3n) is 2.42. The Hall–Kier alpha value is -0.290. The van der Waals surface area contributed by atoms with Gasteiger partial charge in [0.05, 0.1) is 3.79 Å². The third-order valence-corrected chi connectivity index (χ3v) is 5.28. The lowest BCUT2D eigenvalue weighted by molar-refractivity contribution is 0.817. The van der Waals surface area contributed by atoms with Crippen LogP contribution in [0.4, 0.5) is 0 Å². The molecule has 1 heterocycles. The van der Waals surface area contributed by atoms with Gasteiger partial charge < -0.3 is 5.73 Å². The predicted molar refractivity (Wildman–Crippen MR) is 80.6 cm³/mol. The van der Waals surface area contributed by atoms with Crippen molar-refractivity contribution in [2.45, 2.75) is 23.6 Å². The molecule has 90 valence electrons. The lowest BCUT2D eigenvalue weighted by atomic mass is 10.1. The fraction of sp³-hybridized carbons (Fsp3) is 0.231. The summed E-state index contributed by atoms with van der Waals surface area (Å²) >= 11 is 7.13. The van der Waals surface area contributed by atoms with Crippen molar-refractivity contribution in [1.82, 2.24) is 0 Å². The maximum Gasteiger partial charge on any atom is 0.0701 e. The van der Waals surface area contributed by atoms with Gasteiger partial charge in [0.2, 0.25) is 0 Å². The molecular formula is C13H14BrNS2. The summed E-state index contributed by atoms with van der Waals surface area (Å²) in [6.45, 7) is 2.01. The van der Waals surface area contributed by atoms with Crippen LogP contribution in [-0.2, 0) is 5.75 Å². The Balaban J connectivity index is 1.95. The van der Waals surface area contributed by atoms with Crippen molar-refractivity contribution < 1.29 is 0 Å². The average molecular weight is 328 g/mol. The Morgan fingerprint density at radius 3 is 2.47 bits per heavy atom. The van der Waals surface area contributed by atoms with Gasteiger partial charge >= 0.3 is 0 Å². The molecule has 0 radical (unpaired) electrons. The highest BCUT2D eigenvalue weighted by Crippen LogP contribution is 2.29. The molecule has 0 aliphatic carbocycles. The highest BCUT2D eigenvalue weighted by molar-refractivity contribution is 9.11. The van der Waals surface area contributed by atoms with Crippen molar-refractivity contribution in [3.05, 3.63) is 50.6 Å². The van der Waals surface area contributed by atoms with Gasteiger partial charge in [0, 0.05) is 21.6 Å². The van der Waals surface area contributed by atoms with Gasteiger partial charge in [0.15, 0.2) is 0 Å². The lowest BCUT2D eigenvalue weighted by Crippen LogP contribution is -2.04. The average Bonchev–Trinajstić information content (AvgIpc) is 2.73. The summed E-state index contributed by atoms with van der Waals surface area (Å²) in [5.41, 5.74) is 7.01. The molecule has 17 heavy (non-hydrogen) atoms. The first-order valence-electron chi connectivity index (χ1n) is 5.37. The highest BCUT2D eigenvalue weighted by atomic mass is 79.9. The van der Waals surface area contributed by atoms with Gasteiger partial charge in [0.1, 0.15) is 0 Å². The summed E-state index contributed by atoms with van der Waals surface area (Å²) in [7, 11) is 0. The normalized spacial score (nSPS) is 12.6. The topological polar surface area (TPSA) is 26.0 Å². The summed E-state index contributed by atoms with van der Waals surface area (Å²) in [5.74, 6) is 1.02. The second kappa shape index (κ2) is 6.05. The van der Waals surface area contributed by atoms with E-state index in [1.54, 1.807) is 11.3 Å². The number of halogens is 1. The molecule has 1 aromatic carbocycles. The second-order valence-electron chi connectivity index (χ2n) is 3.85. The van der Waals surface area contributed by atoms with Crippen molar-refractivity contribution in [2.75, 3.05) is 0 Å². The Kier molecular flexibility index (Phi) is 4.68. The van der Waals surface area contributed by atoms with Gasteiger partial charge in [0.25, 0.3) is 0 Å². The van der Waals surface area contributed by atoms with Crippen molar-refractivity contribution >= 4 is 39.0 Å². The summed E-state index contributed by atoms with van der Waals surface area (Å²) in [5, 5.41) is 0. The third kappa shape index (κ3) is 3.85. The van der Waals surface area contributed by atoms with Gasteiger partial charge in [-0.1, -0.05) is 12.1 Å². The molecule has 1 atom stereocenters. The molecular weight excluding hydrogens is 314 g/mol. The van der Waals surface area contributed by atoms with E-state index >= 15 is 0 Å². The van der Waals surface area contributed by atoms with Crippen LogP contribution in [0.15, 0.2) is 45.1 Å². The summed E-state index contributed by atoms with van der Waals surface area (Å²) in [6.07, 6.45) is 0. The SMILES string of the molecule is CC(N)c1ccc(SCc2ccc(Br)s2)cc1. The van der Waals surface area contributed by atoms with E-state index in [0.29, 0.717) is 0 Å². The predicted octanol–water partition coefficient (Wildman–Crippen LogP) is 4.82. The fourth-order valence-electron chi connectivity index (χ4n) is 1.45. The van der Waals surface area contributed by atoms with E-state index in [2.05, 4.69) is 52.3 Å². The number of benzene rings is 1. The van der Waals surface area contributed by atoms with E-state index in [1.807, 2.05) is 18.7 Å². The van der Waals surface area contributed by atoms with E-state index in [9.17, 15) is 0 Å². The molecule has 2 rings (SSSR count). The zero-order valence-corrected chi connectivity index (χ0v) is 12.7. The van der Waals surface area contributed by atoms with Gasteiger partial charge in [-0.15, -0.1) is 23.1 Å². The van der Waals surface area contributed by atoms with E-state index in [-0.39, 0.29) is 6.04 Å². The first-order chi connectivity index (χ1) is 8.15. The molecule has 1 nitrogen and oxygen atoms in total. The van der Waals surface area contributed by atoms with Crippen molar-refractivity contribution in [3.8, 4) is 0 Å². The van der Waals surface area contributed by atoms with Crippen molar-refractivity contribution in [3.63, 3.8) is 0 Å². The summed E-state index contributed by atoms with van der Waals surface area (Å²) in [4.78, 5) is 2.68. The number of hydrogen-bond donors (Lipinski definition) is 1. The van der Waals surface area contributed by atoms with Crippen LogP contribution in [0, 0.1) is 0 Å². The fourth-order valence-corrected chi connectivity index (χ4v) is 3.88. The maximum absolute atomic E-state index is 5.82. The van der Waals surface area contributed by atoms with Gasteiger partial charge in [-0.3, -0.25) is 0 Å². The molecule has 1 aromatic heterocycles. The van der Waals surface area contributed by atoms with Crippen LogP contribution >= 0.6 is 39.0 Å². The molecule has 0 saturated heterocycles. The van der Waals surface area contributed by atoms with Crippen LogP contribution in [-0.4, -0.2) is 0 Å². The monoisotopic (exact) mass is 327 g/mol. The standard InChI is InChI=1S/C13H14BrNS2/c1-9(15)10-2-4-11(5-3-10)16-8-12-6-7-13(14)17-12/h2-7,9H,8,15H2,1H3. The number of thiophene rings is 1. The highest BCUT2D eigenvalue weighted by Gasteiger charge is 2.01. The minimum atomic E-state index is 0.113. The molecule has 2 aromatic rings. The zero-order chi connectivity index (χ0) is 12.3. The van der Waals surface area contributed by atoms with E-state index in [4.69, 9.17) is 5.73 Å². The molecule has 0 aliphatic heterocycles. The first kappa shape index (κ1) is 13.1. The number of rotatable bonds is 4. The van der Waals surface area contributed by atoms with Crippen LogP contribution in [0.3, 0.4) is 0 Å². The van der Waals surface area contributed by atoms with Crippen LogP contribution in [0.5, 0.6) is 0 Å². The van der Waals surface area contributed by atoms with E-state index < -0.39 is 0 Å². The molecule has 0 bridgehead atoms. The minimum Gasteiger partial charge on any atom is -0.324 e. The van der Waals surface area contributed by atoms with Crippen LogP contribution in [0.2, 0.25) is 0 Å². The quantitative estimate of drug-likeness (QED) is 0.814. The Labute approximate surface area is 119 Å². The zero-order valence-electron chi connectivity index (χ0n) is 9.52. The van der Waals surface area contributed by atoms with Crippen molar-refractivity contribution in [1.29, 1.82) is 0 Å². The largest absolute Gasteiger partial charge is 0.324 e. The summed E-state index contributed by atoms with van der Waals surface area (Å²) < 4.78 is 1.19. The Bertz CT molecular complexity index is 476. The number of nitrogens with two attached hydrogens (primary N) is 1. The van der Waals surface area contributed by atoms with E-state index in [0.717, 1.165) is 5.75 Å². The molecule has 0 amide bonds. The van der Waals surface area contributed by atoms with Crippen LogP contribution in [0.1, 0.15) is 23.4 Å².